The molecule has 1 N–H and O–H groups in total. The first kappa shape index (κ1) is 15.0. The van der Waals surface area contributed by atoms with Gasteiger partial charge in [0.2, 0.25) is 0 Å². The average molecular weight is 287 g/mol. The Balaban J connectivity index is 1.95. The van der Waals surface area contributed by atoms with E-state index in [-0.39, 0.29) is 11.7 Å². The molecule has 0 saturated carbocycles. The monoisotopic (exact) mass is 287 g/mol. The molecule has 0 saturated heterocycles. The van der Waals surface area contributed by atoms with E-state index in [9.17, 15) is 9.18 Å². The maximum absolute atomic E-state index is 13.5. The number of benzene rings is 2. The highest BCUT2D eigenvalue weighted by molar-refractivity contribution is 5.94. The van der Waals surface area contributed by atoms with Gasteiger partial charge in [0.05, 0.1) is 7.11 Å². The smallest absolute Gasteiger partial charge is 0.251 e. The van der Waals surface area contributed by atoms with E-state index in [0.717, 1.165) is 5.56 Å². The van der Waals surface area contributed by atoms with Crippen LogP contribution in [0, 0.1) is 12.7 Å². The fourth-order valence-electron chi connectivity index (χ4n) is 2.08. The first-order chi connectivity index (χ1) is 10.1. The Labute approximate surface area is 123 Å². The third kappa shape index (κ3) is 3.81. The zero-order chi connectivity index (χ0) is 15.2. The van der Waals surface area contributed by atoms with Gasteiger partial charge in [0.15, 0.2) is 0 Å². The van der Waals surface area contributed by atoms with E-state index < -0.39 is 0 Å². The van der Waals surface area contributed by atoms with Gasteiger partial charge in [0.1, 0.15) is 11.6 Å². The maximum atomic E-state index is 13.5. The Bertz CT molecular complexity index is 640. The first-order valence-corrected chi connectivity index (χ1v) is 6.78. The fourth-order valence-corrected chi connectivity index (χ4v) is 2.08. The van der Waals surface area contributed by atoms with Crippen molar-refractivity contribution in [3.05, 3.63) is 65.0 Å². The molecule has 0 bridgehead atoms. The Morgan fingerprint density at radius 2 is 2.00 bits per heavy atom. The lowest BCUT2D eigenvalue weighted by Crippen LogP contribution is -2.25. The van der Waals surface area contributed by atoms with Gasteiger partial charge in [-0.05, 0) is 42.7 Å². The van der Waals surface area contributed by atoms with Crippen molar-refractivity contribution in [3.8, 4) is 5.75 Å². The molecule has 21 heavy (non-hydrogen) atoms. The van der Waals surface area contributed by atoms with Crippen LogP contribution in [-0.4, -0.2) is 19.6 Å². The van der Waals surface area contributed by atoms with Gasteiger partial charge in [0, 0.05) is 12.1 Å². The number of nitrogens with one attached hydrogen (secondary N) is 1. The molecule has 0 aliphatic rings. The van der Waals surface area contributed by atoms with E-state index in [0.29, 0.717) is 29.8 Å². The molecule has 0 unspecified atom stereocenters. The lowest BCUT2D eigenvalue weighted by Gasteiger charge is -2.09. The highest BCUT2D eigenvalue weighted by Crippen LogP contribution is 2.18. The SMILES string of the molecule is COc1cc(C(=O)NCCc2ccccc2F)ccc1C. The molecule has 0 fully saturated rings. The molecule has 2 aromatic carbocycles. The van der Waals surface area contributed by atoms with Crippen LogP contribution in [0.5, 0.6) is 5.75 Å². The van der Waals surface area contributed by atoms with Gasteiger partial charge in [-0.1, -0.05) is 24.3 Å². The van der Waals surface area contributed by atoms with Crippen LogP contribution < -0.4 is 10.1 Å². The zero-order valence-electron chi connectivity index (χ0n) is 12.2. The number of carbonyl (C=O) groups excluding carboxylic acids is 1. The Morgan fingerprint density at radius 1 is 1.24 bits per heavy atom. The topological polar surface area (TPSA) is 38.3 Å². The van der Waals surface area contributed by atoms with E-state index >= 15 is 0 Å². The first-order valence-electron chi connectivity index (χ1n) is 6.78. The molecule has 0 aliphatic carbocycles. The predicted octanol–water partition coefficient (Wildman–Crippen LogP) is 3.12. The van der Waals surface area contributed by atoms with Crippen molar-refractivity contribution in [1.29, 1.82) is 0 Å². The summed E-state index contributed by atoms with van der Waals surface area (Å²) in [6.07, 6.45) is 0.460. The number of amides is 1. The Kier molecular flexibility index (Phi) is 4.93. The molecule has 0 aromatic heterocycles. The number of hydrogen-bond donors (Lipinski definition) is 1. The van der Waals surface area contributed by atoms with Crippen LogP contribution in [0.3, 0.4) is 0 Å². The Hall–Kier alpha value is -2.36. The number of halogens is 1. The van der Waals surface area contributed by atoms with E-state index in [1.165, 1.54) is 6.07 Å². The minimum atomic E-state index is -0.247. The summed E-state index contributed by atoms with van der Waals surface area (Å²) < 4.78 is 18.6. The second-order valence-corrected chi connectivity index (χ2v) is 4.78. The third-order valence-electron chi connectivity index (χ3n) is 3.31. The van der Waals surface area contributed by atoms with Gasteiger partial charge in [-0.25, -0.2) is 4.39 Å². The van der Waals surface area contributed by atoms with Crippen molar-refractivity contribution >= 4 is 5.91 Å². The van der Waals surface area contributed by atoms with Crippen molar-refractivity contribution < 1.29 is 13.9 Å². The van der Waals surface area contributed by atoms with Crippen molar-refractivity contribution in [2.45, 2.75) is 13.3 Å². The minimum absolute atomic E-state index is 0.190. The lowest BCUT2D eigenvalue weighted by atomic mass is 10.1. The number of aryl methyl sites for hydroxylation is 1. The van der Waals surface area contributed by atoms with Crippen molar-refractivity contribution in [2.24, 2.45) is 0 Å². The fraction of sp³-hybridized carbons (Fsp3) is 0.235. The van der Waals surface area contributed by atoms with Crippen LogP contribution in [0.4, 0.5) is 4.39 Å². The summed E-state index contributed by atoms with van der Waals surface area (Å²) in [5.74, 6) is 0.241. The second kappa shape index (κ2) is 6.88. The number of carbonyl (C=O) groups is 1. The highest BCUT2D eigenvalue weighted by atomic mass is 19.1. The zero-order valence-corrected chi connectivity index (χ0v) is 12.2. The normalized spacial score (nSPS) is 10.2. The molecule has 0 aliphatic heterocycles. The highest BCUT2D eigenvalue weighted by Gasteiger charge is 2.08. The summed E-state index contributed by atoms with van der Waals surface area (Å²) in [6.45, 7) is 2.30. The summed E-state index contributed by atoms with van der Waals surface area (Å²) >= 11 is 0. The molecular weight excluding hydrogens is 269 g/mol. The molecule has 2 aromatic rings. The summed E-state index contributed by atoms with van der Waals surface area (Å²) in [6, 6.07) is 11.9. The summed E-state index contributed by atoms with van der Waals surface area (Å²) in [5, 5.41) is 2.78. The number of hydrogen-bond acceptors (Lipinski definition) is 2. The molecule has 0 heterocycles. The number of methoxy groups -OCH3 is 1. The molecular formula is C17H18FNO2. The van der Waals surface area contributed by atoms with Crippen LogP contribution in [0.1, 0.15) is 21.5 Å². The number of ether oxygens (including phenoxy) is 1. The lowest BCUT2D eigenvalue weighted by molar-refractivity contribution is 0.0953. The van der Waals surface area contributed by atoms with Crippen LogP contribution >= 0.6 is 0 Å². The Morgan fingerprint density at radius 3 is 2.71 bits per heavy atom. The van der Waals surface area contributed by atoms with E-state index in [4.69, 9.17) is 4.74 Å². The van der Waals surface area contributed by atoms with Gasteiger partial charge >= 0.3 is 0 Å². The molecule has 0 atom stereocenters. The van der Waals surface area contributed by atoms with Gasteiger partial charge in [-0.3, -0.25) is 4.79 Å². The average Bonchev–Trinajstić information content (AvgIpc) is 2.49. The molecule has 110 valence electrons. The van der Waals surface area contributed by atoms with Crippen LogP contribution in [0.25, 0.3) is 0 Å². The van der Waals surface area contributed by atoms with E-state index in [1.54, 1.807) is 37.4 Å². The molecule has 1 amide bonds. The predicted molar refractivity (Wildman–Crippen MR) is 80.2 cm³/mol. The third-order valence-corrected chi connectivity index (χ3v) is 3.31. The summed E-state index contributed by atoms with van der Waals surface area (Å²) in [5.41, 5.74) is 2.10. The van der Waals surface area contributed by atoms with Gasteiger partial charge < -0.3 is 10.1 Å². The summed E-state index contributed by atoms with van der Waals surface area (Å²) in [7, 11) is 1.57. The quantitative estimate of drug-likeness (QED) is 0.917. The minimum Gasteiger partial charge on any atom is -0.496 e. The maximum Gasteiger partial charge on any atom is 0.251 e. The molecule has 0 spiro atoms. The second-order valence-electron chi connectivity index (χ2n) is 4.78. The van der Waals surface area contributed by atoms with Crippen LogP contribution in [-0.2, 0) is 6.42 Å². The molecule has 3 nitrogen and oxygen atoms in total. The molecule has 4 heteroatoms. The van der Waals surface area contributed by atoms with Gasteiger partial charge in [-0.2, -0.15) is 0 Å². The summed E-state index contributed by atoms with van der Waals surface area (Å²) in [4.78, 5) is 12.0. The van der Waals surface area contributed by atoms with E-state index in [1.807, 2.05) is 13.0 Å². The van der Waals surface area contributed by atoms with Crippen LogP contribution in [0.15, 0.2) is 42.5 Å². The van der Waals surface area contributed by atoms with Crippen molar-refractivity contribution in [1.82, 2.24) is 5.32 Å². The standard InChI is InChI=1S/C17H18FNO2/c1-12-7-8-14(11-16(12)21-2)17(20)19-10-9-13-5-3-4-6-15(13)18/h3-8,11H,9-10H2,1-2H3,(H,19,20). The van der Waals surface area contributed by atoms with E-state index in [2.05, 4.69) is 5.32 Å². The van der Waals surface area contributed by atoms with Gasteiger partial charge in [0.25, 0.3) is 5.91 Å². The van der Waals surface area contributed by atoms with Crippen LogP contribution in [0.2, 0.25) is 0 Å². The van der Waals surface area contributed by atoms with Gasteiger partial charge in [-0.15, -0.1) is 0 Å². The molecule has 0 radical (unpaired) electrons. The van der Waals surface area contributed by atoms with Crippen molar-refractivity contribution in [3.63, 3.8) is 0 Å². The largest absolute Gasteiger partial charge is 0.496 e. The number of rotatable bonds is 5. The van der Waals surface area contributed by atoms with Crippen molar-refractivity contribution in [2.75, 3.05) is 13.7 Å². The molecule has 2 rings (SSSR count).